The van der Waals surface area contributed by atoms with Gasteiger partial charge in [-0.05, 0) is 49.1 Å². The first-order valence-electron chi connectivity index (χ1n) is 7.94. The van der Waals surface area contributed by atoms with Crippen molar-refractivity contribution in [2.24, 2.45) is 0 Å². The molecule has 0 bridgehead atoms. The Bertz CT molecular complexity index is 642. The van der Waals surface area contributed by atoms with Crippen molar-refractivity contribution < 1.29 is 9.53 Å². The number of likely N-dealkylation sites (tertiary alicyclic amines) is 1. The quantitative estimate of drug-likeness (QED) is 0.831. The molecule has 1 fully saturated rings. The second kappa shape index (κ2) is 7.51. The Morgan fingerprint density at radius 3 is 2.61 bits per heavy atom. The lowest BCUT2D eigenvalue weighted by molar-refractivity contribution is -0.134. The number of hydrogen-bond acceptors (Lipinski definition) is 2. The van der Waals surface area contributed by atoms with E-state index in [0.717, 1.165) is 25.8 Å². The fourth-order valence-electron chi connectivity index (χ4n) is 3.02. The van der Waals surface area contributed by atoms with Gasteiger partial charge in [0.1, 0.15) is 5.75 Å². The zero-order chi connectivity index (χ0) is 16.1. The molecule has 23 heavy (non-hydrogen) atoms. The van der Waals surface area contributed by atoms with Gasteiger partial charge in [0.25, 0.3) is 5.91 Å². The Morgan fingerprint density at radius 2 is 1.87 bits per heavy atom. The van der Waals surface area contributed by atoms with Crippen molar-refractivity contribution in [2.45, 2.75) is 25.3 Å². The van der Waals surface area contributed by atoms with Crippen LogP contribution in [0.15, 0.2) is 54.6 Å². The SMILES string of the molecule is O=C(COc1ccc(Cl)cc1)N1CCCC1Cc1ccccc1. The minimum atomic E-state index is 0.0541. The summed E-state index contributed by atoms with van der Waals surface area (Å²) in [5.41, 5.74) is 1.27. The van der Waals surface area contributed by atoms with Crippen molar-refractivity contribution in [3.63, 3.8) is 0 Å². The number of hydrogen-bond donors (Lipinski definition) is 0. The molecule has 0 aromatic heterocycles. The standard InChI is InChI=1S/C19H20ClNO2/c20-16-8-10-18(11-9-16)23-14-19(22)21-12-4-7-17(21)13-15-5-2-1-3-6-15/h1-3,5-6,8-11,17H,4,7,12-14H2. The van der Waals surface area contributed by atoms with Gasteiger partial charge in [0.15, 0.2) is 6.61 Å². The first-order valence-corrected chi connectivity index (χ1v) is 8.32. The molecular weight excluding hydrogens is 310 g/mol. The predicted octanol–water partition coefficient (Wildman–Crippen LogP) is 3.95. The Balaban J connectivity index is 1.56. The van der Waals surface area contributed by atoms with E-state index in [1.807, 2.05) is 23.1 Å². The van der Waals surface area contributed by atoms with Crippen LogP contribution in [0.3, 0.4) is 0 Å². The molecule has 2 aromatic rings. The molecule has 2 aromatic carbocycles. The summed E-state index contributed by atoms with van der Waals surface area (Å²) in [5.74, 6) is 0.722. The van der Waals surface area contributed by atoms with Crippen LogP contribution in [0.5, 0.6) is 5.75 Å². The highest BCUT2D eigenvalue weighted by molar-refractivity contribution is 6.30. The summed E-state index contributed by atoms with van der Waals surface area (Å²) >= 11 is 5.84. The normalized spacial score (nSPS) is 17.3. The average molecular weight is 330 g/mol. The third-order valence-corrected chi connectivity index (χ3v) is 4.44. The summed E-state index contributed by atoms with van der Waals surface area (Å²) in [6, 6.07) is 17.7. The Kier molecular flexibility index (Phi) is 5.19. The smallest absolute Gasteiger partial charge is 0.260 e. The minimum Gasteiger partial charge on any atom is -0.484 e. The van der Waals surface area contributed by atoms with E-state index < -0.39 is 0 Å². The second-order valence-electron chi connectivity index (χ2n) is 5.82. The zero-order valence-corrected chi connectivity index (χ0v) is 13.7. The van der Waals surface area contributed by atoms with Gasteiger partial charge in [0, 0.05) is 17.6 Å². The number of benzene rings is 2. The number of nitrogens with zero attached hydrogens (tertiary/aromatic N) is 1. The van der Waals surface area contributed by atoms with Gasteiger partial charge < -0.3 is 9.64 Å². The maximum absolute atomic E-state index is 12.5. The first kappa shape index (κ1) is 15.9. The van der Waals surface area contributed by atoms with Crippen molar-refractivity contribution in [1.29, 1.82) is 0 Å². The van der Waals surface area contributed by atoms with Crippen LogP contribution in [0.4, 0.5) is 0 Å². The van der Waals surface area contributed by atoms with Crippen LogP contribution >= 0.6 is 11.6 Å². The van der Waals surface area contributed by atoms with Gasteiger partial charge in [0.2, 0.25) is 0 Å². The number of rotatable bonds is 5. The molecule has 120 valence electrons. The van der Waals surface area contributed by atoms with E-state index in [0.29, 0.717) is 10.8 Å². The zero-order valence-electron chi connectivity index (χ0n) is 13.0. The molecule has 4 heteroatoms. The highest BCUT2D eigenvalue weighted by atomic mass is 35.5. The van der Waals surface area contributed by atoms with Crippen LogP contribution in [-0.4, -0.2) is 30.0 Å². The third kappa shape index (κ3) is 4.26. The molecule has 1 atom stereocenters. The van der Waals surface area contributed by atoms with Gasteiger partial charge in [-0.3, -0.25) is 4.79 Å². The van der Waals surface area contributed by atoms with E-state index in [1.165, 1.54) is 5.56 Å². The van der Waals surface area contributed by atoms with Crippen molar-refractivity contribution >= 4 is 17.5 Å². The van der Waals surface area contributed by atoms with Gasteiger partial charge in [0.05, 0.1) is 0 Å². The number of carbonyl (C=O) groups excluding carboxylic acids is 1. The lowest BCUT2D eigenvalue weighted by Gasteiger charge is -2.25. The Hall–Kier alpha value is -2.00. The summed E-state index contributed by atoms with van der Waals surface area (Å²) in [4.78, 5) is 14.4. The van der Waals surface area contributed by atoms with E-state index in [9.17, 15) is 4.79 Å². The highest BCUT2D eigenvalue weighted by Crippen LogP contribution is 2.22. The van der Waals surface area contributed by atoms with Crippen molar-refractivity contribution in [3.05, 3.63) is 65.2 Å². The maximum Gasteiger partial charge on any atom is 0.260 e. The molecule has 1 aliphatic rings. The predicted molar refractivity (Wildman–Crippen MR) is 91.8 cm³/mol. The third-order valence-electron chi connectivity index (χ3n) is 4.19. The van der Waals surface area contributed by atoms with Gasteiger partial charge in [-0.25, -0.2) is 0 Å². The van der Waals surface area contributed by atoms with Crippen LogP contribution in [0.2, 0.25) is 5.02 Å². The molecule has 1 heterocycles. The maximum atomic E-state index is 12.5. The van der Waals surface area contributed by atoms with Crippen LogP contribution in [0.25, 0.3) is 0 Å². The average Bonchev–Trinajstić information content (AvgIpc) is 3.03. The number of carbonyl (C=O) groups is 1. The van der Waals surface area contributed by atoms with E-state index >= 15 is 0 Å². The van der Waals surface area contributed by atoms with E-state index in [1.54, 1.807) is 24.3 Å². The minimum absolute atomic E-state index is 0.0541. The number of ether oxygens (including phenoxy) is 1. The number of halogens is 1. The largest absolute Gasteiger partial charge is 0.484 e. The molecule has 1 saturated heterocycles. The van der Waals surface area contributed by atoms with Crippen molar-refractivity contribution in [3.8, 4) is 5.75 Å². The Morgan fingerprint density at radius 1 is 1.13 bits per heavy atom. The molecule has 0 spiro atoms. The molecule has 3 nitrogen and oxygen atoms in total. The molecule has 1 amide bonds. The van der Waals surface area contributed by atoms with Crippen molar-refractivity contribution in [1.82, 2.24) is 4.90 Å². The fourth-order valence-corrected chi connectivity index (χ4v) is 3.15. The highest BCUT2D eigenvalue weighted by Gasteiger charge is 2.28. The topological polar surface area (TPSA) is 29.5 Å². The molecule has 0 N–H and O–H groups in total. The Labute approximate surface area is 141 Å². The monoisotopic (exact) mass is 329 g/mol. The van der Waals surface area contributed by atoms with E-state index in [4.69, 9.17) is 16.3 Å². The molecule has 0 saturated carbocycles. The first-order chi connectivity index (χ1) is 11.2. The summed E-state index contributed by atoms with van der Waals surface area (Å²) in [6.45, 7) is 0.896. The van der Waals surface area contributed by atoms with Gasteiger partial charge in [-0.15, -0.1) is 0 Å². The number of amides is 1. The summed E-state index contributed by atoms with van der Waals surface area (Å²) in [5, 5.41) is 0.658. The lowest BCUT2D eigenvalue weighted by atomic mass is 10.0. The van der Waals surface area contributed by atoms with Crippen LogP contribution < -0.4 is 4.74 Å². The molecule has 1 unspecified atom stereocenters. The van der Waals surface area contributed by atoms with Crippen LogP contribution in [0.1, 0.15) is 18.4 Å². The molecule has 0 aliphatic carbocycles. The summed E-state index contributed by atoms with van der Waals surface area (Å²) < 4.78 is 5.58. The summed E-state index contributed by atoms with van der Waals surface area (Å²) in [6.07, 6.45) is 3.03. The molecule has 1 aliphatic heterocycles. The van der Waals surface area contributed by atoms with Crippen LogP contribution in [-0.2, 0) is 11.2 Å². The molecule has 0 radical (unpaired) electrons. The second-order valence-corrected chi connectivity index (χ2v) is 6.25. The lowest BCUT2D eigenvalue weighted by Crippen LogP contribution is -2.39. The van der Waals surface area contributed by atoms with E-state index in [-0.39, 0.29) is 18.6 Å². The van der Waals surface area contributed by atoms with Gasteiger partial charge in [-0.1, -0.05) is 41.9 Å². The van der Waals surface area contributed by atoms with E-state index in [2.05, 4.69) is 12.1 Å². The van der Waals surface area contributed by atoms with Gasteiger partial charge >= 0.3 is 0 Å². The van der Waals surface area contributed by atoms with Crippen LogP contribution in [0, 0.1) is 0 Å². The fraction of sp³-hybridized carbons (Fsp3) is 0.316. The molecule has 3 rings (SSSR count). The van der Waals surface area contributed by atoms with Crippen molar-refractivity contribution in [2.75, 3.05) is 13.2 Å². The van der Waals surface area contributed by atoms with Gasteiger partial charge in [-0.2, -0.15) is 0 Å². The molecular formula is C19H20ClNO2. The summed E-state index contributed by atoms with van der Waals surface area (Å²) in [7, 11) is 0.